The number of H-pyrrole nitrogens is 1. The minimum absolute atomic E-state index is 0.157. The second-order valence-corrected chi connectivity index (χ2v) is 4.73. The number of ketones is 1. The minimum atomic E-state index is -0.232. The molecule has 0 aliphatic rings. The number of rotatable bonds is 3. The maximum Gasteiger partial charge on any atom is 0.219 e. The zero-order chi connectivity index (χ0) is 15.0. The number of fused-ring (bicyclic) bond motifs is 1. The van der Waals surface area contributed by atoms with Gasteiger partial charge in [-0.3, -0.25) is 9.89 Å². The molecule has 0 aliphatic heterocycles. The lowest BCUT2D eigenvalue weighted by Gasteiger charge is -1.92. The van der Waals surface area contributed by atoms with E-state index in [2.05, 4.69) is 25.5 Å². The topological polar surface area (TPSA) is 114 Å². The van der Waals surface area contributed by atoms with E-state index in [4.69, 9.17) is 17.3 Å². The highest BCUT2D eigenvalue weighted by Crippen LogP contribution is 2.28. The van der Waals surface area contributed by atoms with Crippen molar-refractivity contribution in [3.8, 4) is 0 Å². The number of nitrogens with two attached hydrogens (primary N) is 1. The number of anilines is 1. The van der Waals surface area contributed by atoms with Gasteiger partial charge in [0.05, 0.1) is 5.69 Å². The number of Topliss-reactive ketones (excluding diaryl/α,β-unsaturated/α-hetero) is 1. The van der Waals surface area contributed by atoms with Crippen LogP contribution in [0.25, 0.3) is 5.65 Å². The second kappa shape index (κ2) is 4.98. The van der Waals surface area contributed by atoms with Crippen molar-refractivity contribution in [2.75, 3.05) is 5.73 Å². The van der Waals surface area contributed by atoms with Gasteiger partial charge in [0.2, 0.25) is 11.5 Å². The Balaban J connectivity index is 2.02. The van der Waals surface area contributed by atoms with Crippen molar-refractivity contribution < 1.29 is 4.79 Å². The molecule has 2 aromatic heterocycles. The van der Waals surface area contributed by atoms with Gasteiger partial charge in [0.25, 0.3) is 0 Å². The van der Waals surface area contributed by atoms with Crippen LogP contribution in [-0.4, -0.2) is 25.6 Å². The Bertz CT molecular complexity index is 846. The van der Waals surface area contributed by atoms with Crippen molar-refractivity contribution in [3.63, 3.8) is 0 Å². The van der Waals surface area contributed by atoms with Crippen LogP contribution in [0.3, 0.4) is 0 Å². The number of benzene rings is 1. The summed E-state index contributed by atoms with van der Waals surface area (Å²) in [5, 5.41) is 19.2. The highest BCUT2D eigenvalue weighted by molar-refractivity contribution is 6.30. The zero-order valence-corrected chi connectivity index (χ0v) is 11.7. The first-order valence-electron chi connectivity index (χ1n) is 5.97. The zero-order valence-electron chi connectivity index (χ0n) is 10.9. The van der Waals surface area contributed by atoms with Crippen LogP contribution in [0.1, 0.15) is 17.5 Å². The number of nitrogen functional groups attached to an aromatic ring is 1. The van der Waals surface area contributed by atoms with Gasteiger partial charge >= 0.3 is 0 Å². The molecule has 0 amide bonds. The fourth-order valence-corrected chi connectivity index (χ4v) is 1.91. The van der Waals surface area contributed by atoms with Crippen molar-refractivity contribution in [1.29, 1.82) is 0 Å². The maximum absolute atomic E-state index is 11.4. The van der Waals surface area contributed by atoms with Crippen LogP contribution >= 0.6 is 11.6 Å². The van der Waals surface area contributed by atoms with E-state index < -0.39 is 0 Å². The summed E-state index contributed by atoms with van der Waals surface area (Å²) in [6, 6.07) is 6.85. The molecule has 3 rings (SSSR count). The Hall–Kier alpha value is -2.74. The number of hydrogen-bond acceptors (Lipinski definition) is 6. The maximum atomic E-state index is 11.4. The lowest BCUT2D eigenvalue weighted by Crippen LogP contribution is -2.01. The fraction of sp³-hybridized carbons (Fsp3) is 0.0833. The Morgan fingerprint density at radius 3 is 2.67 bits per heavy atom. The molecule has 0 saturated heterocycles. The lowest BCUT2D eigenvalue weighted by atomic mass is 10.3. The third-order valence-electron chi connectivity index (χ3n) is 2.77. The van der Waals surface area contributed by atoms with Crippen molar-refractivity contribution in [2.24, 2.45) is 10.2 Å². The predicted octanol–water partition coefficient (Wildman–Crippen LogP) is 2.91. The molecular formula is C12H10ClN7O. The van der Waals surface area contributed by atoms with Crippen molar-refractivity contribution in [1.82, 2.24) is 19.8 Å². The molecule has 2 heterocycles. The number of aromatic nitrogens is 4. The Morgan fingerprint density at radius 2 is 2.00 bits per heavy atom. The molecule has 8 nitrogen and oxygen atoms in total. The summed E-state index contributed by atoms with van der Waals surface area (Å²) < 4.78 is 1.38. The monoisotopic (exact) mass is 303 g/mol. The third-order valence-corrected chi connectivity index (χ3v) is 3.02. The lowest BCUT2D eigenvalue weighted by molar-refractivity contribution is 0.100. The van der Waals surface area contributed by atoms with Crippen molar-refractivity contribution >= 4 is 40.2 Å². The van der Waals surface area contributed by atoms with E-state index in [1.54, 1.807) is 24.3 Å². The minimum Gasteiger partial charge on any atom is -0.382 e. The molecule has 0 fully saturated rings. The molecule has 0 atom stereocenters. The molecule has 9 heteroatoms. The van der Waals surface area contributed by atoms with Gasteiger partial charge in [-0.25, -0.2) is 4.52 Å². The number of aromatic amines is 1. The molecule has 21 heavy (non-hydrogen) atoms. The molecule has 0 spiro atoms. The molecule has 106 valence electrons. The molecule has 0 radical (unpaired) electrons. The van der Waals surface area contributed by atoms with E-state index in [0.717, 1.165) is 0 Å². The molecule has 0 bridgehead atoms. The summed E-state index contributed by atoms with van der Waals surface area (Å²) >= 11 is 5.80. The second-order valence-electron chi connectivity index (χ2n) is 4.29. The number of halogens is 1. The first-order valence-corrected chi connectivity index (χ1v) is 6.35. The number of carbonyl (C=O) groups excluding carboxylic acids is 1. The van der Waals surface area contributed by atoms with Crippen LogP contribution in [-0.2, 0) is 0 Å². The van der Waals surface area contributed by atoms with E-state index in [0.29, 0.717) is 22.0 Å². The highest BCUT2D eigenvalue weighted by atomic mass is 35.5. The Kier molecular flexibility index (Phi) is 3.15. The normalized spacial score (nSPS) is 11.5. The average Bonchev–Trinajstić information content (AvgIpc) is 2.97. The van der Waals surface area contributed by atoms with Crippen molar-refractivity contribution in [3.05, 3.63) is 35.1 Å². The van der Waals surface area contributed by atoms with E-state index in [-0.39, 0.29) is 17.4 Å². The van der Waals surface area contributed by atoms with Crippen LogP contribution in [0.5, 0.6) is 0 Å². The molecule has 3 aromatic rings. The summed E-state index contributed by atoms with van der Waals surface area (Å²) in [5.41, 5.74) is 7.11. The first kappa shape index (κ1) is 13.3. The standard InChI is InChI=1S/C12H10ClN7O/c1-6(21)11-17-18-12-9(10(14)19-20(11)12)16-15-8-4-2-7(13)3-5-8/h2-5,19H,14H2,1H3. The molecular weight excluding hydrogens is 294 g/mol. The smallest absolute Gasteiger partial charge is 0.219 e. The number of hydrogen-bond donors (Lipinski definition) is 2. The van der Waals surface area contributed by atoms with Gasteiger partial charge in [0.1, 0.15) is 5.82 Å². The number of azo groups is 1. The summed E-state index contributed by atoms with van der Waals surface area (Å²) in [4.78, 5) is 11.4. The Labute approximate surface area is 123 Å². The van der Waals surface area contributed by atoms with Gasteiger partial charge in [-0.15, -0.1) is 15.3 Å². The van der Waals surface area contributed by atoms with Crippen LogP contribution < -0.4 is 5.73 Å². The van der Waals surface area contributed by atoms with E-state index >= 15 is 0 Å². The van der Waals surface area contributed by atoms with Crippen LogP contribution in [0.4, 0.5) is 17.2 Å². The summed E-state index contributed by atoms with van der Waals surface area (Å²) in [6.45, 7) is 1.39. The summed E-state index contributed by atoms with van der Waals surface area (Å²) in [7, 11) is 0. The highest BCUT2D eigenvalue weighted by Gasteiger charge is 2.17. The van der Waals surface area contributed by atoms with E-state index in [1.165, 1.54) is 11.4 Å². The fourth-order valence-electron chi connectivity index (χ4n) is 1.78. The number of carbonyl (C=O) groups is 1. The van der Waals surface area contributed by atoms with Crippen LogP contribution in [0.2, 0.25) is 5.02 Å². The molecule has 1 aromatic carbocycles. The van der Waals surface area contributed by atoms with E-state index in [1.807, 2.05) is 0 Å². The van der Waals surface area contributed by atoms with Gasteiger partial charge in [-0.1, -0.05) is 11.6 Å². The summed E-state index contributed by atoms with van der Waals surface area (Å²) in [5.74, 6) is 0.176. The average molecular weight is 304 g/mol. The first-order chi connectivity index (χ1) is 10.1. The predicted molar refractivity (Wildman–Crippen MR) is 77.4 cm³/mol. The van der Waals surface area contributed by atoms with Crippen molar-refractivity contribution in [2.45, 2.75) is 6.92 Å². The third kappa shape index (κ3) is 2.36. The van der Waals surface area contributed by atoms with Crippen LogP contribution in [0.15, 0.2) is 34.5 Å². The van der Waals surface area contributed by atoms with Gasteiger partial charge in [-0.2, -0.15) is 5.11 Å². The quantitative estimate of drug-likeness (QED) is 0.572. The van der Waals surface area contributed by atoms with Gasteiger partial charge in [-0.05, 0) is 24.3 Å². The number of nitrogens with zero attached hydrogens (tertiary/aromatic N) is 5. The molecule has 0 saturated carbocycles. The van der Waals surface area contributed by atoms with Gasteiger partial charge in [0.15, 0.2) is 11.5 Å². The number of nitrogens with one attached hydrogen (secondary N) is 1. The SMILES string of the molecule is CC(=O)c1nnc2c(N=Nc3ccc(Cl)cc3)c(N)[nH]n12. The molecule has 0 unspecified atom stereocenters. The molecule has 3 N–H and O–H groups in total. The van der Waals surface area contributed by atoms with E-state index in [9.17, 15) is 4.79 Å². The summed E-state index contributed by atoms with van der Waals surface area (Å²) in [6.07, 6.45) is 0. The van der Waals surface area contributed by atoms with Gasteiger partial charge < -0.3 is 5.73 Å². The van der Waals surface area contributed by atoms with Gasteiger partial charge in [0, 0.05) is 11.9 Å². The molecule has 0 aliphatic carbocycles. The Morgan fingerprint density at radius 1 is 1.29 bits per heavy atom. The largest absolute Gasteiger partial charge is 0.382 e. The van der Waals surface area contributed by atoms with Crippen LogP contribution in [0, 0.1) is 0 Å².